The number of hydrogen-bond acceptors (Lipinski definition) is 7. The summed E-state index contributed by atoms with van der Waals surface area (Å²) >= 11 is 0. The average molecular weight is 484 g/mol. The lowest BCUT2D eigenvalue weighted by atomic mass is 9.94. The second-order valence-corrected chi connectivity index (χ2v) is 8.47. The number of likely N-dealkylation sites (N-methyl/N-ethyl adjacent to an activating group) is 1. The van der Waals surface area contributed by atoms with Gasteiger partial charge in [-0.25, -0.2) is 4.79 Å². The lowest BCUT2D eigenvalue weighted by Crippen LogP contribution is -2.53. The van der Waals surface area contributed by atoms with E-state index in [9.17, 15) is 14.4 Å². The SMILES string of the molecule is COC(=O)C[C@H]1CC[C@H]2[C@H](COc3ccc(NC(=O)Nc4cccc(OC)c4)cc3C(=O)N2C)O1. The number of methoxy groups -OCH3 is 2. The first-order valence-electron chi connectivity index (χ1n) is 11.4. The van der Waals surface area contributed by atoms with Crippen molar-refractivity contribution in [1.29, 1.82) is 0 Å². The number of ether oxygens (including phenoxy) is 4. The van der Waals surface area contributed by atoms with Crippen LogP contribution in [0.1, 0.15) is 29.6 Å². The van der Waals surface area contributed by atoms with E-state index in [2.05, 4.69) is 10.6 Å². The predicted octanol–water partition coefficient (Wildman–Crippen LogP) is 3.28. The summed E-state index contributed by atoms with van der Waals surface area (Å²) in [7, 11) is 4.63. The monoisotopic (exact) mass is 483 g/mol. The molecular formula is C25H29N3O7. The van der Waals surface area contributed by atoms with Gasteiger partial charge in [-0.15, -0.1) is 0 Å². The first-order chi connectivity index (χ1) is 16.9. The number of nitrogens with one attached hydrogen (secondary N) is 2. The van der Waals surface area contributed by atoms with E-state index < -0.39 is 6.03 Å². The first-order valence-corrected chi connectivity index (χ1v) is 11.4. The molecule has 0 aromatic heterocycles. The number of rotatable bonds is 5. The summed E-state index contributed by atoms with van der Waals surface area (Å²) in [6.45, 7) is 0.232. The minimum Gasteiger partial charge on any atom is -0.497 e. The van der Waals surface area contributed by atoms with Gasteiger partial charge in [-0.3, -0.25) is 9.59 Å². The van der Waals surface area contributed by atoms with Gasteiger partial charge in [0.2, 0.25) is 0 Å². The van der Waals surface area contributed by atoms with Crippen LogP contribution in [0.5, 0.6) is 11.5 Å². The van der Waals surface area contributed by atoms with Crippen molar-refractivity contribution in [2.45, 2.75) is 37.5 Å². The molecule has 186 valence electrons. The van der Waals surface area contributed by atoms with E-state index in [0.29, 0.717) is 41.3 Å². The fourth-order valence-electron chi connectivity index (χ4n) is 4.37. The van der Waals surface area contributed by atoms with Crippen molar-refractivity contribution < 1.29 is 33.3 Å². The van der Waals surface area contributed by atoms with Gasteiger partial charge in [-0.2, -0.15) is 0 Å². The molecule has 0 radical (unpaired) electrons. The molecule has 4 rings (SSSR count). The molecule has 10 nitrogen and oxygen atoms in total. The van der Waals surface area contributed by atoms with Crippen LogP contribution in [0.4, 0.5) is 16.2 Å². The molecule has 2 aliphatic rings. The van der Waals surface area contributed by atoms with Crippen LogP contribution in [0.15, 0.2) is 42.5 Å². The molecule has 3 amide bonds. The van der Waals surface area contributed by atoms with Crippen LogP contribution in [-0.4, -0.2) is 68.9 Å². The Kier molecular flexibility index (Phi) is 7.40. The Labute approximate surface area is 203 Å². The van der Waals surface area contributed by atoms with E-state index in [1.54, 1.807) is 61.5 Å². The van der Waals surface area contributed by atoms with Crippen molar-refractivity contribution in [3.05, 3.63) is 48.0 Å². The largest absolute Gasteiger partial charge is 0.497 e. The topological polar surface area (TPSA) is 115 Å². The van der Waals surface area contributed by atoms with Crippen molar-refractivity contribution >= 4 is 29.3 Å². The number of anilines is 2. The predicted molar refractivity (Wildman–Crippen MR) is 128 cm³/mol. The van der Waals surface area contributed by atoms with Crippen molar-refractivity contribution in [3.63, 3.8) is 0 Å². The van der Waals surface area contributed by atoms with E-state index in [1.807, 2.05) is 0 Å². The summed E-state index contributed by atoms with van der Waals surface area (Å²) in [4.78, 5) is 39.1. The van der Waals surface area contributed by atoms with Crippen molar-refractivity contribution in [1.82, 2.24) is 4.90 Å². The summed E-state index contributed by atoms with van der Waals surface area (Å²) in [5.41, 5.74) is 1.37. The van der Waals surface area contributed by atoms with E-state index >= 15 is 0 Å². The maximum absolute atomic E-state index is 13.3. The molecule has 2 aliphatic heterocycles. The van der Waals surface area contributed by atoms with E-state index in [-0.39, 0.29) is 43.2 Å². The number of benzene rings is 2. The summed E-state index contributed by atoms with van der Waals surface area (Å²) in [5, 5.41) is 5.49. The Balaban J connectivity index is 1.46. The molecule has 0 saturated carbocycles. The molecule has 2 N–H and O–H groups in total. The minimum atomic E-state index is -0.455. The third-order valence-corrected chi connectivity index (χ3v) is 6.22. The van der Waals surface area contributed by atoms with Gasteiger partial charge in [0, 0.05) is 24.5 Å². The molecule has 2 heterocycles. The Morgan fingerprint density at radius 2 is 1.86 bits per heavy atom. The van der Waals surface area contributed by atoms with Gasteiger partial charge >= 0.3 is 12.0 Å². The number of urea groups is 1. The van der Waals surface area contributed by atoms with E-state index in [4.69, 9.17) is 18.9 Å². The van der Waals surface area contributed by atoms with Crippen LogP contribution in [0.3, 0.4) is 0 Å². The molecule has 1 saturated heterocycles. The lowest BCUT2D eigenvalue weighted by molar-refractivity contribution is -0.151. The Hall–Kier alpha value is -3.79. The first kappa shape index (κ1) is 24.3. The molecule has 3 atom stereocenters. The zero-order valence-electron chi connectivity index (χ0n) is 19.9. The van der Waals surface area contributed by atoms with E-state index in [0.717, 1.165) is 0 Å². The minimum absolute atomic E-state index is 0.167. The summed E-state index contributed by atoms with van der Waals surface area (Å²) in [5.74, 6) is 0.459. The third-order valence-electron chi connectivity index (χ3n) is 6.22. The van der Waals surface area contributed by atoms with Gasteiger partial charge < -0.3 is 34.5 Å². The van der Waals surface area contributed by atoms with Crippen LogP contribution in [0.2, 0.25) is 0 Å². The molecule has 2 aromatic carbocycles. The van der Waals surface area contributed by atoms with Crippen molar-refractivity contribution in [3.8, 4) is 11.5 Å². The second kappa shape index (κ2) is 10.6. The highest BCUT2D eigenvalue weighted by atomic mass is 16.6. The number of carbonyl (C=O) groups excluding carboxylic acids is 3. The zero-order chi connectivity index (χ0) is 24.9. The van der Waals surface area contributed by atoms with Crippen molar-refractivity contribution in [2.24, 2.45) is 0 Å². The standard InChI is InChI=1S/C25H29N3O7/c1-28-20-9-8-18(13-23(29)33-3)35-22(20)14-34-21-10-7-16(12-19(21)24(28)30)27-25(31)26-15-5-4-6-17(11-15)32-2/h4-7,10-12,18,20,22H,8-9,13-14H2,1-3H3,(H2,26,27,31)/t18-,20+,22+/m1/s1. The number of nitrogens with zero attached hydrogens (tertiary/aromatic N) is 1. The van der Waals surface area contributed by atoms with Crippen LogP contribution >= 0.6 is 0 Å². The lowest BCUT2D eigenvalue weighted by Gasteiger charge is -2.42. The maximum atomic E-state index is 13.3. The molecule has 35 heavy (non-hydrogen) atoms. The number of hydrogen-bond donors (Lipinski definition) is 2. The number of fused-ring (bicyclic) bond motifs is 2. The number of amides is 3. The van der Waals surface area contributed by atoms with Gasteiger partial charge in [0.05, 0.1) is 38.3 Å². The maximum Gasteiger partial charge on any atom is 0.323 e. The van der Waals surface area contributed by atoms with Gasteiger partial charge in [0.1, 0.15) is 24.2 Å². The van der Waals surface area contributed by atoms with Gasteiger partial charge in [-0.05, 0) is 43.2 Å². The molecular weight excluding hydrogens is 454 g/mol. The molecule has 0 aliphatic carbocycles. The number of esters is 1. The molecule has 10 heteroatoms. The highest BCUT2D eigenvalue weighted by Crippen LogP contribution is 2.32. The highest BCUT2D eigenvalue weighted by Gasteiger charge is 2.39. The van der Waals surface area contributed by atoms with E-state index in [1.165, 1.54) is 7.11 Å². The molecule has 2 aromatic rings. The summed E-state index contributed by atoms with van der Waals surface area (Å²) in [6.07, 6.45) is 0.832. The fraction of sp³-hybridized carbons (Fsp3) is 0.400. The third kappa shape index (κ3) is 5.65. The molecule has 1 fully saturated rings. The van der Waals surface area contributed by atoms with Crippen LogP contribution < -0.4 is 20.1 Å². The van der Waals surface area contributed by atoms with Gasteiger partial charge in [0.15, 0.2) is 0 Å². The summed E-state index contributed by atoms with van der Waals surface area (Å²) < 4.78 is 21.9. The second-order valence-electron chi connectivity index (χ2n) is 8.47. The highest BCUT2D eigenvalue weighted by molar-refractivity contribution is 6.02. The zero-order valence-corrected chi connectivity index (χ0v) is 19.9. The van der Waals surface area contributed by atoms with Gasteiger partial charge in [0.25, 0.3) is 5.91 Å². The van der Waals surface area contributed by atoms with Crippen LogP contribution in [0.25, 0.3) is 0 Å². The van der Waals surface area contributed by atoms with Crippen LogP contribution in [-0.2, 0) is 14.3 Å². The Morgan fingerprint density at radius 3 is 2.60 bits per heavy atom. The smallest absolute Gasteiger partial charge is 0.323 e. The van der Waals surface area contributed by atoms with Gasteiger partial charge in [-0.1, -0.05) is 6.07 Å². The molecule has 0 unspecified atom stereocenters. The summed E-state index contributed by atoms with van der Waals surface area (Å²) in [6, 6.07) is 11.3. The van der Waals surface area contributed by atoms with Crippen LogP contribution in [0, 0.1) is 0 Å². The average Bonchev–Trinajstić information content (AvgIpc) is 2.86. The normalized spacial score (nSPS) is 21.4. The Bertz CT molecular complexity index is 1110. The molecule has 0 bridgehead atoms. The fourth-order valence-corrected chi connectivity index (χ4v) is 4.37. The van der Waals surface area contributed by atoms with Crippen molar-refractivity contribution in [2.75, 3.05) is 38.5 Å². The molecule has 0 spiro atoms. The quantitative estimate of drug-likeness (QED) is 0.627. The Morgan fingerprint density at radius 1 is 1.09 bits per heavy atom. The number of carbonyl (C=O) groups is 3.